The third-order valence-corrected chi connectivity index (χ3v) is 4.19. The Balaban J connectivity index is 2.01. The second-order valence-corrected chi connectivity index (χ2v) is 5.72. The molecule has 1 atom stereocenters. The summed E-state index contributed by atoms with van der Waals surface area (Å²) in [7, 11) is 0. The lowest BCUT2D eigenvalue weighted by atomic mass is 9.84. The van der Waals surface area contributed by atoms with Crippen molar-refractivity contribution in [1.29, 1.82) is 0 Å². The number of nitrogens with one attached hydrogen (secondary N) is 1. The summed E-state index contributed by atoms with van der Waals surface area (Å²) in [6.07, 6.45) is 6.90. The van der Waals surface area contributed by atoms with Gasteiger partial charge in [-0.15, -0.1) is 0 Å². The van der Waals surface area contributed by atoms with E-state index in [2.05, 4.69) is 31.3 Å². The molecule has 1 aromatic carbocycles. The molecule has 2 heteroatoms. The van der Waals surface area contributed by atoms with Gasteiger partial charge in [-0.2, -0.15) is 0 Å². The van der Waals surface area contributed by atoms with Gasteiger partial charge >= 0.3 is 0 Å². The number of anilines is 1. The van der Waals surface area contributed by atoms with Crippen molar-refractivity contribution >= 4 is 17.3 Å². The van der Waals surface area contributed by atoms with Crippen molar-refractivity contribution in [2.24, 2.45) is 5.92 Å². The Bertz CT molecular complexity index is 369. The summed E-state index contributed by atoms with van der Waals surface area (Å²) in [5.41, 5.74) is 2.34. The number of aryl methyl sites for hydroxylation is 1. The van der Waals surface area contributed by atoms with E-state index < -0.39 is 0 Å². The molecule has 0 radical (unpaired) electrons. The molecule has 1 nitrogen and oxygen atoms in total. The fraction of sp³-hybridized carbons (Fsp3) is 0.600. The third kappa shape index (κ3) is 3.38. The van der Waals surface area contributed by atoms with Gasteiger partial charge in [0.15, 0.2) is 0 Å². The van der Waals surface area contributed by atoms with E-state index in [0.717, 1.165) is 16.6 Å². The molecule has 2 rings (SSSR count). The molecule has 1 fully saturated rings. The first-order chi connectivity index (χ1) is 8.16. The number of rotatable bonds is 3. The number of hydrogen-bond acceptors (Lipinski definition) is 1. The van der Waals surface area contributed by atoms with Crippen LogP contribution in [0.1, 0.15) is 44.6 Å². The Morgan fingerprint density at radius 2 is 1.94 bits per heavy atom. The molecule has 1 aliphatic carbocycles. The normalized spacial score (nSPS) is 19.0. The Morgan fingerprint density at radius 3 is 2.65 bits per heavy atom. The SMILES string of the molecule is Cc1ccc(Cl)c(NC(C)C2CCCCC2)c1. The van der Waals surface area contributed by atoms with Crippen LogP contribution in [0.15, 0.2) is 18.2 Å². The van der Waals surface area contributed by atoms with Crippen LogP contribution in [-0.2, 0) is 0 Å². The molecule has 0 spiro atoms. The summed E-state index contributed by atoms with van der Waals surface area (Å²) in [6, 6.07) is 6.70. The minimum Gasteiger partial charge on any atom is -0.381 e. The van der Waals surface area contributed by atoms with E-state index >= 15 is 0 Å². The molecule has 0 heterocycles. The minimum absolute atomic E-state index is 0.523. The highest BCUT2D eigenvalue weighted by Crippen LogP contribution is 2.30. The molecular weight excluding hydrogens is 230 g/mol. The average molecular weight is 252 g/mol. The van der Waals surface area contributed by atoms with Gasteiger partial charge in [0, 0.05) is 6.04 Å². The number of halogens is 1. The smallest absolute Gasteiger partial charge is 0.0637 e. The second-order valence-electron chi connectivity index (χ2n) is 5.31. The van der Waals surface area contributed by atoms with Gasteiger partial charge < -0.3 is 5.32 Å². The zero-order valence-electron chi connectivity index (χ0n) is 10.8. The van der Waals surface area contributed by atoms with Crippen molar-refractivity contribution in [3.8, 4) is 0 Å². The van der Waals surface area contributed by atoms with Crippen molar-refractivity contribution in [2.75, 3.05) is 5.32 Å². The monoisotopic (exact) mass is 251 g/mol. The molecule has 0 saturated heterocycles. The van der Waals surface area contributed by atoms with E-state index in [0.29, 0.717) is 6.04 Å². The predicted octanol–water partition coefficient (Wildman–Crippen LogP) is 5.03. The number of hydrogen-bond donors (Lipinski definition) is 1. The zero-order valence-corrected chi connectivity index (χ0v) is 11.6. The van der Waals surface area contributed by atoms with Crippen LogP contribution in [0.25, 0.3) is 0 Å². The maximum Gasteiger partial charge on any atom is 0.0637 e. The molecule has 1 N–H and O–H groups in total. The van der Waals surface area contributed by atoms with Crippen molar-refractivity contribution in [3.63, 3.8) is 0 Å². The van der Waals surface area contributed by atoms with Crippen LogP contribution in [0.4, 0.5) is 5.69 Å². The quantitative estimate of drug-likeness (QED) is 0.795. The third-order valence-electron chi connectivity index (χ3n) is 3.86. The fourth-order valence-corrected chi connectivity index (χ4v) is 2.92. The summed E-state index contributed by atoms with van der Waals surface area (Å²) >= 11 is 6.22. The molecule has 94 valence electrons. The highest BCUT2D eigenvalue weighted by molar-refractivity contribution is 6.33. The Morgan fingerprint density at radius 1 is 1.24 bits per heavy atom. The summed E-state index contributed by atoms with van der Waals surface area (Å²) in [4.78, 5) is 0. The molecule has 0 aromatic heterocycles. The fourth-order valence-electron chi connectivity index (χ4n) is 2.75. The van der Waals surface area contributed by atoms with E-state index in [9.17, 15) is 0 Å². The first kappa shape index (κ1) is 12.8. The van der Waals surface area contributed by atoms with Crippen LogP contribution in [0.5, 0.6) is 0 Å². The van der Waals surface area contributed by atoms with Gasteiger partial charge in [0.2, 0.25) is 0 Å². The molecule has 0 aliphatic heterocycles. The van der Waals surface area contributed by atoms with Crippen LogP contribution in [-0.4, -0.2) is 6.04 Å². The van der Waals surface area contributed by atoms with Gasteiger partial charge in [0.25, 0.3) is 0 Å². The van der Waals surface area contributed by atoms with Crippen LogP contribution in [0, 0.1) is 12.8 Å². The van der Waals surface area contributed by atoms with Gasteiger partial charge in [-0.05, 0) is 50.3 Å². The zero-order chi connectivity index (χ0) is 12.3. The van der Waals surface area contributed by atoms with E-state index in [1.165, 1.54) is 37.7 Å². The molecule has 1 unspecified atom stereocenters. The minimum atomic E-state index is 0.523. The van der Waals surface area contributed by atoms with Crippen molar-refractivity contribution in [2.45, 2.75) is 52.0 Å². The Labute approximate surface area is 110 Å². The van der Waals surface area contributed by atoms with Gasteiger partial charge in [0.05, 0.1) is 10.7 Å². The van der Waals surface area contributed by atoms with Crippen molar-refractivity contribution in [3.05, 3.63) is 28.8 Å². The summed E-state index contributed by atoms with van der Waals surface area (Å²) < 4.78 is 0. The lowest BCUT2D eigenvalue weighted by molar-refractivity contribution is 0.328. The lowest BCUT2D eigenvalue weighted by Gasteiger charge is -2.29. The first-order valence-electron chi connectivity index (χ1n) is 6.69. The summed E-state index contributed by atoms with van der Waals surface area (Å²) in [5, 5.41) is 4.42. The Kier molecular flexibility index (Phi) is 4.33. The van der Waals surface area contributed by atoms with E-state index in [1.54, 1.807) is 0 Å². The highest BCUT2D eigenvalue weighted by atomic mass is 35.5. The molecule has 17 heavy (non-hydrogen) atoms. The van der Waals surface area contributed by atoms with E-state index in [1.807, 2.05) is 6.07 Å². The van der Waals surface area contributed by atoms with E-state index in [-0.39, 0.29) is 0 Å². The number of benzene rings is 1. The van der Waals surface area contributed by atoms with Crippen LogP contribution < -0.4 is 5.32 Å². The van der Waals surface area contributed by atoms with Crippen LogP contribution >= 0.6 is 11.6 Å². The van der Waals surface area contributed by atoms with Crippen molar-refractivity contribution < 1.29 is 0 Å². The Hall–Kier alpha value is -0.690. The molecule has 0 amide bonds. The highest BCUT2D eigenvalue weighted by Gasteiger charge is 2.20. The second kappa shape index (κ2) is 5.77. The molecular formula is C15H22ClN. The molecule has 1 saturated carbocycles. The topological polar surface area (TPSA) is 12.0 Å². The van der Waals surface area contributed by atoms with Gasteiger partial charge in [0.1, 0.15) is 0 Å². The standard InChI is InChI=1S/C15H22ClN/c1-11-8-9-14(16)15(10-11)17-12(2)13-6-4-3-5-7-13/h8-10,12-13,17H,3-7H2,1-2H3. The van der Waals surface area contributed by atoms with E-state index in [4.69, 9.17) is 11.6 Å². The maximum atomic E-state index is 6.22. The largest absolute Gasteiger partial charge is 0.381 e. The van der Waals surface area contributed by atoms with Gasteiger partial charge in [-0.25, -0.2) is 0 Å². The summed E-state index contributed by atoms with van der Waals surface area (Å²) in [5.74, 6) is 0.806. The first-order valence-corrected chi connectivity index (χ1v) is 7.07. The molecule has 0 bridgehead atoms. The van der Waals surface area contributed by atoms with Gasteiger partial charge in [-0.1, -0.05) is 36.9 Å². The maximum absolute atomic E-state index is 6.22. The van der Waals surface area contributed by atoms with Crippen molar-refractivity contribution in [1.82, 2.24) is 0 Å². The average Bonchev–Trinajstić information content (AvgIpc) is 2.35. The summed E-state index contributed by atoms with van der Waals surface area (Å²) in [6.45, 7) is 4.39. The predicted molar refractivity (Wildman–Crippen MR) is 75.8 cm³/mol. The van der Waals surface area contributed by atoms with Crippen LogP contribution in [0.2, 0.25) is 5.02 Å². The van der Waals surface area contributed by atoms with Gasteiger partial charge in [-0.3, -0.25) is 0 Å². The lowest BCUT2D eigenvalue weighted by Crippen LogP contribution is -2.27. The van der Waals surface area contributed by atoms with Crippen LogP contribution in [0.3, 0.4) is 0 Å². The molecule has 1 aromatic rings. The molecule has 1 aliphatic rings.